The van der Waals surface area contributed by atoms with Crippen molar-refractivity contribution >= 4 is 11.6 Å². The molecule has 1 amide bonds. The standard InChI is InChI=1S/C16H24N2O3/c1-3-18(4-2)15(20)13-5-7-14(8-6-13)17-9-16(10-19)11-21-12-16/h5-8,17,19H,3-4,9-12H2,1-2H3. The molecule has 1 aromatic carbocycles. The Morgan fingerprint density at radius 3 is 2.33 bits per heavy atom. The van der Waals surface area contributed by atoms with Crippen LogP contribution in [0.3, 0.4) is 0 Å². The Bertz CT molecular complexity index is 459. The Labute approximate surface area is 125 Å². The first-order valence-corrected chi connectivity index (χ1v) is 7.46. The highest BCUT2D eigenvalue weighted by molar-refractivity contribution is 5.94. The first-order chi connectivity index (χ1) is 10.1. The minimum Gasteiger partial charge on any atom is -0.396 e. The molecule has 0 saturated carbocycles. The maximum Gasteiger partial charge on any atom is 0.253 e. The number of carbonyl (C=O) groups is 1. The van der Waals surface area contributed by atoms with Gasteiger partial charge in [0.2, 0.25) is 0 Å². The van der Waals surface area contributed by atoms with Gasteiger partial charge in [0.05, 0.1) is 25.2 Å². The fraction of sp³-hybridized carbons (Fsp3) is 0.562. The second-order valence-corrected chi connectivity index (χ2v) is 5.56. The Hall–Kier alpha value is -1.59. The van der Waals surface area contributed by atoms with Crippen molar-refractivity contribution in [1.29, 1.82) is 0 Å². The topological polar surface area (TPSA) is 61.8 Å². The van der Waals surface area contributed by atoms with Crippen molar-refractivity contribution in [3.05, 3.63) is 29.8 Å². The first-order valence-electron chi connectivity index (χ1n) is 7.46. The lowest BCUT2D eigenvalue weighted by atomic mass is 9.87. The lowest BCUT2D eigenvalue weighted by Gasteiger charge is -2.40. The van der Waals surface area contributed by atoms with Crippen LogP contribution in [0.15, 0.2) is 24.3 Å². The average Bonchev–Trinajstić information content (AvgIpc) is 2.48. The fourth-order valence-electron chi connectivity index (χ4n) is 2.35. The molecule has 21 heavy (non-hydrogen) atoms. The Morgan fingerprint density at radius 2 is 1.90 bits per heavy atom. The zero-order valence-corrected chi connectivity index (χ0v) is 12.8. The summed E-state index contributed by atoms with van der Waals surface area (Å²) in [6.07, 6.45) is 0. The zero-order chi connectivity index (χ0) is 15.3. The summed E-state index contributed by atoms with van der Waals surface area (Å²) in [4.78, 5) is 14.0. The molecule has 0 bridgehead atoms. The lowest BCUT2D eigenvalue weighted by Crippen LogP contribution is -2.50. The highest BCUT2D eigenvalue weighted by Crippen LogP contribution is 2.27. The van der Waals surface area contributed by atoms with Crippen LogP contribution in [0.25, 0.3) is 0 Å². The summed E-state index contributed by atoms with van der Waals surface area (Å²) in [6, 6.07) is 7.49. The number of nitrogens with zero attached hydrogens (tertiary/aromatic N) is 1. The number of ether oxygens (including phenoxy) is 1. The van der Waals surface area contributed by atoms with Gasteiger partial charge >= 0.3 is 0 Å². The quantitative estimate of drug-likeness (QED) is 0.801. The maximum atomic E-state index is 12.2. The summed E-state index contributed by atoms with van der Waals surface area (Å²) in [6.45, 7) is 7.37. The van der Waals surface area contributed by atoms with Crippen molar-refractivity contribution in [2.45, 2.75) is 13.8 Å². The third-order valence-electron chi connectivity index (χ3n) is 4.00. The number of aliphatic hydroxyl groups excluding tert-OH is 1. The smallest absolute Gasteiger partial charge is 0.253 e. The van der Waals surface area contributed by atoms with E-state index in [1.165, 1.54) is 0 Å². The van der Waals surface area contributed by atoms with E-state index in [1.54, 1.807) is 4.90 Å². The summed E-state index contributed by atoms with van der Waals surface area (Å²) in [5, 5.41) is 12.7. The molecule has 1 fully saturated rings. The van der Waals surface area contributed by atoms with Crippen molar-refractivity contribution in [2.24, 2.45) is 5.41 Å². The molecule has 0 atom stereocenters. The van der Waals surface area contributed by atoms with Crippen molar-refractivity contribution in [1.82, 2.24) is 4.90 Å². The van der Waals surface area contributed by atoms with Gasteiger partial charge in [-0.1, -0.05) is 0 Å². The van der Waals surface area contributed by atoms with Crippen molar-refractivity contribution < 1.29 is 14.6 Å². The van der Waals surface area contributed by atoms with Gasteiger partial charge in [-0.3, -0.25) is 4.79 Å². The molecule has 0 aliphatic carbocycles. The summed E-state index contributed by atoms with van der Waals surface area (Å²) in [5.74, 6) is 0.0609. The predicted octanol–water partition coefficient (Wildman–Crippen LogP) is 1.59. The number of benzene rings is 1. The molecule has 5 heteroatoms. The van der Waals surface area contributed by atoms with Gasteiger partial charge in [0.15, 0.2) is 0 Å². The molecule has 0 spiro atoms. The molecule has 2 N–H and O–H groups in total. The second kappa shape index (κ2) is 6.91. The van der Waals surface area contributed by atoms with Crippen molar-refractivity contribution in [2.75, 3.05) is 44.8 Å². The SMILES string of the molecule is CCN(CC)C(=O)c1ccc(NCC2(CO)COC2)cc1. The maximum absolute atomic E-state index is 12.2. The van der Waals surface area contributed by atoms with Crippen LogP contribution >= 0.6 is 0 Å². The van der Waals surface area contributed by atoms with E-state index >= 15 is 0 Å². The van der Waals surface area contributed by atoms with Crippen LogP contribution in [0.2, 0.25) is 0 Å². The number of amides is 1. The number of carbonyl (C=O) groups excluding carboxylic acids is 1. The minimum atomic E-state index is -0.157. The number of rotatable bonds is 7. The molecular weight excluding hydrogens is 268 g/mol. The van der Waals surface area contributed by atoms with E-state index in [-0.39, 0.29) is 17.9 Å². The largest absolute Gasteiger partial charge is 0.396 e. The molecule has 0 aromatic heterocycles. The van der Waals surface area contributed by atoms with E-state index in [2.05, 4.69) is 5.32 Å². The van der Waals surface area contributed by atoms with Gasteiger partial charge in [-0.2, -0.15) is 0 Å². The fourth-order valence-corrected chi connectivity index (χ4v) is 2.35. The summed E-state index contributed by atoms with van der Waals surface area (Å²) in [7, 11) is 0. The van der Waals surface area contributed by atoms with Crippen LogP contribution in [0.5, 0.6) is 0 Å². The average molecular weight is 292 g/mol. The molecule has 116 valence electrons. The number of nitrogens with one attached hydrogen (secondary N) is 1. The Morgan fingerprint density at radius 1 is 1.29 bits per heavy atom. The molecule has 2 rings (SSSR count). The zero-order valence-electron chi connectivity index (χ0n) is 12.8. The lowest BCUT2D eigenvalue weighted by molar-refractivity contribution is -0.128. The third kappa shape index (κ3) is 3.54. The van der Waals surface area contributed by atoms with Gasteiger partial charge in [-0.15, -0.1) is 0 Å². The Kier molecular flexibility index (Phi) is 5.20. The summed E-state index contributed by atoms with van der Waals surface area (Å²) < 4.78 is 5.17. The van der Waals surface area contributed by atoms with E-state index in [4.69, 9.17) is 4.74 Å². The highest BCUT2D eigenvalue weighted by atomic mass is 16.5. The molecule has 1 aliphatic rings. The van der Waals surface area contributed by atoms with Gasteiger partial charge in [0.25, 0.3) is 5.91 Å². The molecule has 1 saturated heterocycles. The minimum absolute atomic E-state index is 0.0609. The molecule has 0 radical (unpaired) electrons. The predicted molar refractivity (Wildman–Crippen MR) is 82.5 cm³/mol. The van der Waals surface area contributed by atoms with Crippen molar-refractivity contribution in [3.63, 3.8) is 0 Å². The van der Waals surface area contributed by atoms with E-state index in [9.17, 15) is 9.90 Å². The van der Waals surface area contributed by atoms with Crippen LogP contribution in [0.1, 0.15) is 24.2 Å². The van der Waals surface area contributed by atoms with Gasteiger partial charge < -0.3 is 20.1 Å². The molecule has 5 nitrogen and oxygen atoms in total. The molecule has 0 unspecified atom stereocenters. The van der Waals surface area contributed by atoms with E-state index < -0.39 is 0 Å². The molecule has 1 aromatic rings. The van der Waals surface area contributed by atoms with Crippen LogP contribution in [-0.2, 0) is 4.74 Å². The number of hydrogen-bond acceptors (Lipinski definition) is 4. The second-order valence-electron chi connectivity index (χ2n) is 5.56. The highest BCUT2D eigenvalue weighted by Gasteiger charge is 2.37. The number of hydrogen-bond donors (Lipinski definition) is 2. The van der Waals surface area contributed by atoms with Crippen LogP contribution in [-0.4, -0.2) is 55.4 Å². The van der Waals surface area contributed by atoms with Gasteiger partial charge in [0, 0.05) is 30.9 Å². The van der Waals surface area contributed by atoms with Crippen LogP contribution < -0.4 is 5.32 Å². The van der Waals surface area contributed by atoms with E-state index in [1.807, 2.05) is 38.1 Å². The molecular formula is C16H24N2O3. The first kappa shape index (κ1) is 15.8. The van der Waals surface area contributed by atoms with Gasteiger partial charge in [-0.25, -0.2) is 0 Å². The normalized spacial score (nSPS) is 16.1. The Balaban J connectivity index is 1.94. The number of aliphatic hydroxyl groups is 1. The van der Waals surface area contributed by atoms with E-state index in [0.29, 0.717) is 38.4 Å². The van der Waals surface area contributed by atoms with E-state index in [0.717, 1.165) is 5.69 Å². The summed E-state index contributed by atoms with van der Waals surface area (Å²) in [5.41, 5.74) is 1.49. The molecule has 1 heterocycles. The molecule has 1 aliphatic heterocycles. The third-order valence-corrected chi connectivity index (χ3v) is 4.00. The summed E-state index contributed by atoms with van der Waals surface area (Å²) >= 11 is 0. The van der Waals surface area contributed by atoms with Crippen LogP contribution in [0.4, 0.5) is 5.69 Å². The monoisotopic (exact) mass is 292 g/mol. The number of anilines is 1. The van der Waals surface area contributed by atoms with Crippen molar-refractivity contribution in [3.8, 4) is 0 Å². The van der Waals surface area contributed by atoms with Gasteiger partial charge in [-0.05, 0) is 38.1 Å². The van der Waals surface area contributed by atoms with Crippen LogP contribution in [0, 0.1) is 5.41 Å². The van der Waals surface area contributed by atoms with Gasteiger partial charge in [0.1, 0.15) is 0 Å².